The van der Waals surface area contributed by atoms with Crippen LogP contribution in [0.1, 0.15) is 18.5 Å². The first-order valence-corrected chi connectivity index (χ1v) is 5.47. The second-order valence-corrected chi connectivity index (χ2v) is 3.96. The van der Waals surface area contributed by atoms with E-state index in [9.17, 15) is 4.39 Å². The Kier molecular flexibility index (Phi) is 5.17. The van der Waals surface area contributed by atoms with Gasteiger partial charge in [-0.15, -0.1) is 0 Å². The molecule has 0 aliphatic rings. The first-order valence-electron chi connectivity index (χ1n) is 4.67. The Labute approximate surface area is 96.9 Å². The third-order valence-corrected chi connectivity index (χ3v) is 2.52. The molecule has 3 N–H and O–H groups in total. The molecule has 0 bridgehead atoms. The fourth-order valence-electron chi connectivity index (χ4n) is 1.25. The van der Waals surface area contributed by atoms with E-state index in [4.69, 9.17) is 10.6 Å². The second kappa shape index (κ2) is 6.17. The van der Waals surface area contributed by atoms with Gasteiger partial charge in [0, 0.05) is 16.6 Å². The Morgan fingerprint density at radius 2 is 2.33 bits per heavy atom. The zero-order chi connectivity index (χ0) is 11.3. The van der Waals surface area contributed by atoms with E-state index in [0.717, 1.165) is 4.47 Å². The summed E-state index contributed by atoms with van der Waals surface area (Å²) >= 11 is 3.29. The molecule has 0 saturated heterocycles. The monoisotopic (exact) mass is 276 g/mol. The van der Waals surface area contributed by atoms with Gasteiger partial charge in [-0.3, -0.25) is 11.3 Å². The molecule has 1 aromatic rings. The van der Waals surface area contributed by atoms with Gasteiger partial charge < -0.3 is 4.74 Å². The highest BCUT2D eigenvalue weighted by atomic mass is 79.9. The maximum absolute atomic E-state index is 13.5. The van der Waals surface area contributed by atoms with Gasteiger partial charge in [-0.05, 0) is 25.1 Å². The summed E-state index contributed by atoms with van der Waals surface area (Å²) in [6.45, 7) is 2.80. The van der Waals surface area contributed by atoms with Gasteiger partial charge in [0.1, 0.15) is 5.82 Å². The van der Waals surface area contributed by atoms with Crippen molar-refractivity contribution in [3.05, 3.63) is 34.1 Å². The van der Waals surface area contributed by atoms with Gasteiger partial charge in [0.25, 0.3) is 0 Å². The van der Waals surface area contributed by atoms with E-state index in [0.29, 0.717) is 18.8 Å². The maximum Gasteiger partial charge on any atom is 0.128 e. The molecule has 0 aliphatic heterocycles. The van der Waals surface area contributed by atoms with Crippen molar-refractivity contribution >= 4 is 15.9 Å². The lowest BCUT2D eigenvalue weighted by Crippen LogP contribution is -2.32. The average Bonchev–Trinajstić information content (AvgIpc) is 2.24. The van der Waals surface area contributed by atoms with Crippen LogP contribution < -0.4 is 11.3 Å². The van der Waals surface area contributed by atoms with Gasteiger partial charge in [0.15, 0.2) is 0 Å². The van der Waals surface area contributed by atoms with Crippen LogP contribution in [0.4, 0.5) is 4.39 Å². The van der Waals surface area contributed by atoms with Crippen LogP contribution in [0.15, 0.2) is 22.7 Å². The van der Waals surface area contributed by atoms with Gasteiger partial charge >= 0.3 is 0 Å². The van der Waals surface area contributed by atoms with E-state index >= 15 is 0 Å². The first kappa shape index (κ1) is 12.6. The van der Waals surface area contributed by atoms with Crippen LogP contribution in [0.2, 0.25) is 0 Å². The van der Waals surface area contributed by atoms with Crippen molar-refractivity contribution in [1.82, 2.24) is 5.43 Å². The molecule has 84 valence electrons. The molecule has 0 saturated carbocycles. The molecular weight excluding hydrogens is 263 g/mol. The van der Waals surface area contributed by atoms with Crippen molar-refractivity contribution in [3.63, 3.8) is 0 Å². The highest BCUT2D eigenvalue weighted by molar-refractivity contribution is 9.10. The molecule has 5 heteroatoms. The minimum Gasteiger partial charge on any atom is -0.380 e. The topological polar surface area (TPSA) is 47.3 Å². The fourth-order valence-corrected chi connectivity index (χ4v) is 1.62. The van der Waals surface area contributed by atoms with Gasteiger partial charge in [-0.25, -0.2) is 4.39 Å². The van der Waals surface area contributed by atoms with E-state index in [1.807, 2.05) is 6.92 Å². The molecule has 1 aromatic carbocycles. The maximum atomic E-state index is 13.5. The largest absolute Gasteiger partial charge is 0.380 e. The normalized spacial score (nSPS) is 12.8. The second-order valence-electron chi connectivity index (χ2n) is 3.04. The quantitative estimate of drug-likeness (QED) is 0.640. The van der Waals surface area contributed by atoms with Crippen LogP contribution in [-0.2, 0) is 4.74 Å². The van der Waals surface area contributed by atoms with Crippen LogP contribution in [0.5, 0.6) is 0 Å². The molecule has 1 rings (SSSR count). The Hall–Kier alpha value is -0.490. The SMILES string of the molecule is CCOCC(NN)c1cc(Br)ccc1F. The minimum absolute atomic E-state index is 0.291. The zero-order valence-corrected chi connectivity index (χ0v) is 10.1. The minimum atomic E-state index is -0.331. The number of nitrogens with one attached hydrogen (secondary N) is 1. The zero-order valence-electron chi connectivity index (χ0n) is 8.47. The summed E-state index contributed by atoms with van der Waals surface area (Å²) in [4.78, 5) is 0. The Morgan fingerprint density at radius 1 is 1.60 bits per heavy atom. The van der Waals surface area contributed by atoms with E-state index in [1.165, 1.54) is 6.07 Å². The summed E-state index contributed by atoms with van der Waals surface area (Å²) in [6.07, 6.45) is 0. The molecule has 0 aromatic heterocycles. The number of hydrogen-bond donors (Lipinski definition) is 2. The summed E-state index contributed by atoms with van der Waals surface area (Å²) in [5, 5.41) is 0. The lowest BCUT2D eigenvalue weighted by Gasteiger charge is -2.16. The summed E-state index contributed by atoms with van der Waals surface area (Å²) in [7, 11) is 0. The number of halogens is 2. The molecule has 1 atom stereocenters. The van der Waals surface area contributed by atoms with Crippen LogP contribution in [0.3, 0.4) is 0 Å². The third kappa shape index (κ3) is 3.53. The van der Waals surface area contributed by atoms with E-state index in [-0.39, 0.29) is 11.9 Å². The number of rotatable bonds is 5. The summed E-state index contributed by atoms with van der Waals surface area (Å²) < 4.78 is 19.5. The lowest BCUT2D eigenvalue weighted by atomic mass is 10.1. The fraction of sp³-hybridized carbons (Fsp3) is 0.400. The number of benzene rings is 1. The van der Waals surface area contributed by atoms with Crippen molar-refractivity contribution in [1.29, 1.82) is 0 Å². The molecule has 1 unspecified atom stereocenters. The van der Waals surface area contributed by atoms with Crippen LogP contribution in [0, 0.1) is 5.82 Å². The Bertz CT molecular complexity index is 322. The smallest absolute Gasteiger partial charge is 0.128 e. The molecule has 15 heavy (non-hydrogen) atoms. The molecule has 0 aliphatic carbocycles. The first-order chi connectivity index (χ1) is 7.19. The number of hydrogen-bond acceptors (Lipinski definition) is 3. The lowest BCUT2D eigenvalue weighted by molar-refractivity contribution is 0.122. The standard InChI is InChI=1S/C10H14BrFN2O/c1-2-15-6-10(14-13)8-5-7(11)3-4-9(8)12/h3-5,10,14H,2,6,13H2,1H3. The molecule has 3 nitrogen and oxygen atoms in total. The highest BCUT2D eigenvalue weighted by Gasteiger charge is 2.14. The van der Waals surface area contributed by atoms with Crippen molar-refractivity contribution in [2.75, 3.05) is 13.2 Å². The molecular formula is C10H14BrFN2O. The predicted octanol–water partition coefficient (Wildman–Crippen LogP) is 2.13. The summed E-state index contributed by atoms with van der Waals surface area (Å²) in [5.41, 5.74) is 3.04. The van der Waals surface area contributed by atoms with Gasteiger partial charge in [0.2, 0.25) is 0 Å². The van der Waals surface area contributed by atoms with Crippen LogP contribution in [0.25, 0.3) is 0 Å². The van der Waals surface area contributed by atoms with Crippen molar-refractivity contribution in [3.8, 4) is 0 Å². The molecule has 0 spiro atoms. The van der Waals surface area contributed by atoms with Crippen molar-refractivity contribution in [2.24, 2.45) is 5.84 Å². The number of ether oxygens (including phenoxy) is 1. The summed E-state index contributed by atoms with van der Waals surface area (Å²) in [6, 6.07) is 4.41. The van der Waals surface area contributed by atoms with Crippen molar-refractivity contribution < 1.29 is 9.13 Å². The number of hydrazine groups is 1. The molecule has 0 fully saturated rings. The summed E-state index contributed by atoms with van der Waals surface area (Å²) in [5.74, 6) is 5.06. The van der Waals surface area contributed by atoms with Gasteiger partial charge in [-0.2, -0.15) is 0 Å². The average molecular weight is 277 g/mol. The molecule has 0 heterocycles. The molecule has 0 radical (unpaired) electrons. The third-order valence-electron chi connectivity index (χ3n) is 2.02. The predicted molar refractivity (Wildman–Crippen MR) is 60.7 cm³/mol. The van der Waals surface area contributed by atoms with E-state index in [1.54, 1.807) is 12.1 Å². The van der Waals surface area contributed by atoms with Gasteiger partial charge in [-0.1, -0.05) is 15.9 Å². The number of nitrogens with two attached hydrogens (primary N) is 1. The van der Waals surface area contributed by atoms with Crippen LogP contribution in [-0.4, -0.2) is 13.2 Å². The van der Waals surface area contributed by atoms with Gasteiger partial charge in [0.05, 0.1) is 12.6 Å². The van der Waals surface area contributed by atoms with Crippen molar-refractivity contribution in [2.45, 2.75) is 13.0 Å². The Balaban J connectivity index is 2.85. The molecule has 0 amide bonds. The van der Waals surface area contributed by atoms with E-state index in [2.05, 4.69) is 21.4 Å². The van der Waals surface area contributed by atoms with Crippen LogP contribution >= 0.6 is 15.9 Å². The Morgan fingerprint density at radius 3 is 2.93 bits per heavy atom. The van der Waals surface area contributed by atoms with E-state index < -0.39 is 0 Å². The highest BCUT2D eigenvalue weighted by Crippen LogP contribution is 2.21.